The van der Waals surface area contributed by atoms with Crippen molar-refractivity contribution < 1.29 is 17.9 Å². The highest BCUT2D eigenvalue weighted by Gasteiger charge is 2.29. The van der Waals surface area contributed by atoms with E-state index in [1.165, 1.54) is 12.1 Å². The van der Waals surface area contributed by atoms with Gasteiger partial charge in [0.1, 0.15) is 5.75 Å². The van der Waals surface area contributed by atoms with Crippen LogP contribution in [0.1, 0.15) is 5.56 Å². The third kappa shape index (κ3) is 3.62. The molecule has 27 heavy (non-hydrogen) atoms. The van der Waals surface area contributed by atoms with Gasteiger partial charge in [-0.2, -0.15) is 13.2 Å². The third-order valence-corrected chi connectivity index (χ3v) is 4.24. The molecule has 3 aromatic carbocycles. The van der Waals surface area contributed by atoms with E-state index < -0.39 is 11.7 Å². The van der Waals surface area contributed by atoms with Gasteiger partial charge in [-0.3, -0.25) is 0 Å². The fourth-order valence-corrected chi connectivity index (χ4v) is 2.89. The Morgan fingerprint density at radius 1 is 0.741 bits per heavy atom. The van der Waals surface area contributed by atoms with E-state index in [1.54, 1.807) is 18.3 Å². The SMILES string of the molecule is FC(F)(F)c1ccc(-c2ccnc(Oc3cccc4ccccc34)c2)cc1. The lowest BCUT2D eigenvalue weighted by Crippen LogP contribution is -2.03. The first-order valence-corrected chi connectivity index (χ1v) is 8.30. The van der Waals surface area contributed by atoms with Crippen LogP contribution in [0.25, 0.3) is 21.9 Å². The standard InChI is InChI=1S/C22H14F3NO/c23-22(24,25)18-10-8-15(9-11-18)17-12-13-26-21(14-17)27-20-7-3-5-16-4-1-2-6-19(16)20/h1-14H. The van der Waals surface area contributed by atoms with Gasteiger partial charge in [0.2, 0.25) is 5.88 Å². The monoisotopic (exact) mass is 365 g/mol. The van der Waals surface area contributed by atoms with Crippen molar-refractivity contribution >= 4 is 10.8 Å². The first-order chi connectivity index (χ1) is 13.0. The molecule has 0 unspecified atom stereocenters. The summed E-state index contributed by atoms with van der Waals surface area (Å²) in [6, 6.07) is 22.1. The van der Waals surface area contributed by atoms with Crippen LogP contribution >= 0.6 is 0 Å². The molecule has 4 aromatic rings. The maximum Gasteiger partial charge on any atom is 0.416 e. The predicted molar refractivity (Wildman–Crippen MR) is 98.7 cm³/mol. The number of rotatable bonds is 3. The normalized spacial score (nSPS) is 11.5. The van der Waals surface area contributed by atoms with Crippen LogP contribution in [0.4, 0.5) is 13.2 Å². The van der Waals surface area contributed by atoms with Crippen molar-refractivity contribution in [2.45, 2.75) is 6.18 Å². The number of pyridine rings is 1. The molecule has 0 bridgehead atoms. The Kier molecular flexibility index (Phi) is 4.28. The van der Waals surface area contributed by atoms with Crippen LogP contribution < -0.4 is 4.74 Å². The van der Waals surface area contributed by atoms with Gasteiger partial charge >= 0.3 is 6.18 Å². The summed E-state index contributed by atoms with van der Waals surface area (Å²) < 4.78 is 44.1. The molecule has 0 aliphatic carbocycles. The highest BCUT2D eigenvalue weighted by atomic mass is 19.4. The predicted octanol–water partition coefficient (Wildman–Crippen LogP) is 6.71. The minimum absolute atomic E-state index is 0.378. The summed E-state index contributed by atoms with van der Waals surface area (Å²) in [7, 11) is 0. The molecule has 0 aliphatic heterocycles. The zero-order valence-electron chi connectivity index (χ0n) is 14.1. The molecule has 0 amide bonds. The fourth-order valence-electron chi connectivity index (χ4n) is 2.89. The van der Waals surface area contributed by atoms with E-state index in [2.05, 4.69) is 4.98 Å². The molecule has 0 atom stereocenters. The van der Waals surface area contributed by atoms with Crippen LogP contribution in [0.3, 0.4) is 0 Å². The first kappa shape index (κ1) is 17.1. The molecule has 2 nitrogen and oxygen atoms in total. The summed E-state index contributed by atoms with van der Waals surface area (Å²) in [5.41, 5.74) is 0.717. The highest BCUT2D eigenvalue weighted by molar-refractivity contribution is 5.88. The number of hydrogen-bond acceptors (Lipinski definition) is 2. The average molecular weight is 365 g/mol. The Morgan fingerprint density at radius 2 is 1.48 bits per heavy atom. The van der Waals surface area contributed by atoms with Gasteiger partial charge in [0.05, 0.1) is 5.56 Å². The van der Waals surface area contributed by atoms with E-state index in [4.69, 9.17) is 4.74 Å². The molecule has 4 rings (SSSR count). The van der Waals surface area contributed by atoms with Crippen LogP contribution in [-0.4, -0.2) is 4.98 Å². The lowest BCUT2D eigenvalue weighted by atomic mass is 10.0. The van der Waals surface area contributed by atoms with Crippen molar-refractivity contribution in [1.82, 2.24) is 4.98 Å². The summed E-state index contributed by atoms with van der Waals surface area (Å²) in [4.78, 5) is 4.22. The van der Waals surface area contributed by atoms with E-state index in [0.29, 0.717) is 17.2 Å². The number of benzene rings is 3. The topological polar surface area (TPSA) is 22.1 Å². The van der Waals surface area contributed by atoms with Gasteiger partial charge in [0.15, 0.2) is 0 Å². The molecule has 0 saturated carbocycles. The summed E-state index contributed by atoms with van der Waals surface area (Å²) in [6.45, 7) is 0. The second kappa shape index (κ2) is 6.76. The van der Waals surface area contributed by atoms with Crippen molar-refractivity contribution in [2.24, 2.45) is 0 Å². The van der Waals surface area contributed by atoms with Crippen LogP contribution in [0, 0.1) is 0 Å². The molecule has 0 spiro atoms. The summed E-state index contributed by atoms with van der Waals surface area (Å²) in [5, 5.41) is 2.01. The molecule has 1 aromatic heterocycles. The zero-order chi connectivity index (χ0) is 18.9. The summed E-state index contributed by atoms with van der Waals surface area (Å²) in [5.74, 6) is 1.05. The van der Waals surface area contributed by atoms with Crippen LogP contribution in [0.15, 0.2) is 85.1 Å². The fraction of sp³-hybridized carbons (Fsp3) is 0.0455. The zero-order valence-corrected chi connectivity index (χ0v) is 14.1. The Labute approximate surface area is 153 Å². The van der Waals surface area contributed by atoms with Crippen molar-refractivity contribution in [2.75, 3.05) is 0 Å². The van der Waals surface area contributed by atoms with Gasteiger partial charge in [-0.15, -0.1) is 0 Å². The largest absolute Gasteiger partial charge is 0.438 e. The van der Waals surface area contributed by atoms with Gasteiger partial charge < -0.3 is 4.74 Å². The maximum atomic E-state index is 12.7. The minimum Gasteiger partial charge on any atom is -0.438 e. The first-order valence-electron chi connectivity index (χ1n) is 8.30. The molecular weight excluding hydrogens is 351 g/mol. The Bertz CT molecular complexity index is 1080. The number of hydrogen-bond donors (Lipinski definition) is 0. The number of ether oxygens (including phenoxy) is 1. The molecule has 0 N–H and O–H groups in total. The van der Waals surface area contributed by atoms with Crippen molar-refractivity contribution in [1.29, 1.82) is 0 Å². The van der Waals surface area contributed by atoms with Crippen molar-refractivity contribution in [3.8, 4) is 22.8 Å². The maximum absolute atomic E-state index is 12.7. The molecular formula is C22H14F3NO. The molecule has 0 radical (unpaired) electrons. The second-order valence-electron chi connectivity index (χ2n) is 6.04. The van der Waals surface area contributed by atoms with Crippen molar-refractivity contribution in [3.63, 3.8) is 0 Å². The number of fused-ring (bicyclic) bond motifs is 1. The van der Waals surface area contributed by atoms with Crippen LogP contribution in [0.5, 0.6) is 11.6 Å². The molecule has 5 heteroatoms. The van der Waals surface area contributed by atoms with Gasteiger partial charge in [-0.25, -0.2) is 4.98 Å². The highest BCUT2D eigenvalue weighted by Crippen LogP contribution is 2.33. The Hall–Kier alpha value is -3.34. The number of nitrogens with zero attached hydrogens (tertiary/aromatic N) is 1. The second-order valence-corrected chi connectivity index (χ2v) is 6.04. The molecule has 1 heterocycles. The van der Waals surface area contributed by atoms with Crippen LogP contribution in [-0.2, 0) is 6.18 Å². The number of alkyl halides is 3. The van der Waals surface area contributed by atoms with Gasteiger partial charge in [-0.1, -0.05) is 48.5 Å². The van der Waals surface area contributed by atoms with E-state index in [1.807, 2.05) is 42.5 Å². The average Bonchev–Trinajstić information content (AvgIpc) is 2.68. The smallest absolute Gasteiger partial charge is 0.416 e. The molecule has 134 valence electrons. The lowest BCUT2D eigenvalue weighted by molar-refractivity contribution is -0.137. The number of aromatic nitrogens is 1. The summed E-state index contributed by atoms with van der Waals surface area (Å²) in [6.07, 6.45) is -2.77. The third-order valence-electron chi connectivity index (χ3n) is 4.24. The quantitative estimate of drug-likeness (QED) is 0.402. The van der Waals surface area contributed by atoms with E-state index in [0.717, 1.165) is 28.5 Å². The lowest BCUT2D eigenvalue weighted by Gasteiger charge is -2.10. The molecule has 0 fully saturated rings. The van der Waals surface area contributed by atoms with Crippen molar-refractivity contribution in [3.05, 3.63) is 90.6 Å². The Balaban J connectivity index is 1.65. The minimum atomic E-state index is -4.35. The molecule has 0 saturated heterocycles. The molecule has 0 aliphatic rings. The van der Waals surface area contributed by atoms with E-state index in [9.17, 15) is 13.2 Å². The van der Waals surface area contributed by atoms with Gasteiger partial charge in [-0.05, 0) is 40.8 Å². The Morgan fingerprint density at radius 3 is 2.26 bits per heavy atom. The van der Waals surface area contributed by atoms with Gasteiger partial charge in [0.25, 0.3) is 0 Å². The van der Waals surface area contributed by atoms with Gasteiger partial charge in [0, 0.05) is 17.6 Å². The summed E-state index contributed by atoms with van der Waals surface area (Å²) >= 11 is 0. The number of halogens is 3. The van der Waals surface area contributed by atoms with E-state index >= 15 is 0 Å². The van der Waals surface area contributed by atoms with E-state index in [-0.39, 0.29) is 0 Å². The van der Waals surface area contributed by atoms with Crippen LogP contribution in [0.2, 0.25) is 0 Å².